The van der Waals surface area contributed by atoms with E-state index in [0.29, 0.717) is 37.4 Å². The minimum absolute atomic E-state index is 0.141. The van der Waals surface area contributed by atoms with Crippen molar-refractivity contribution in [3.8, 4) is 5.75 Å². The topological polar surface area (TPSA) is 88.9 Å². The van der Waals surface area contributed by atoms with Crippen molar-refractivity contribution in [3.05, 3.63) is 47.4 Å². The van der Waals surface area contributed by atoms with Crippen LogP contribution in [0.3, 0.4) is 0 Å². The number of aryl methyl sites for hydroxylation is 2. The van der Waals surface area contributed by atoms with Gasteiger partial charge in [0.2, 0.25) is 10.0 Å². The van der Waals surface area contributed by atoms with Crippen molar-refractivity contribution in [1.82, 2.24) is 9.62 Å². The van der Waals surface area contributed by atoms with Crippen molar-refractivity contribution in [2.75, 3.05) is 20.2 Å². The number of ether oxygens (including phenoxy) is 1. The lowest BCUT2D eigenvalue weighted by atomic mass is 10.1. The second kappa shape index (κ2) is 7.74. The molecular formula is C19H24N2O5S. The zero-order valence-corrected chi connectivity index (χ0v) is 16.5. The highest BCUT2D eigenvalue weighted by Crippen LogP contribution is 2.28. The van der Waals surface area contributed by atoms with Crippen LogP contribution in [0.25, 0.3) is 0 Å². The molecule has 0 saturated carbocycles. The first kappa shape index (κ1) is 19.4. The lowest BCUT2D eigenvalue weighted by Gasteiger charge is -2.31. The summed E-state index contributed by atoms with van der Waals surface area (Å²) in [6, 6.07) is 6.43. The monoisotopic (exact) mass is 392 g/mol. The zero-order chi connectivity index (χ0) is 19.6. The minimum atomic E-state index is -3.72. The molecule has 0 atom stereocenters. The fourth-order valence-corrected chi connectivity index (χ4v) is 4.71. The van der Waals surface area contributed by atoms with Gasteiger partial charge in [0, 0.05) is 19.1 Å². The van der Waals surface area contributed by atoms with Crippen LogP contribution >= 0.6 is 0 Å². The number of methoxy groups -OCH3 is 1. The molecule has 7 nitrogen and oxygen atoms in total. The van der Waals surface area contributed by atoms with Crippen molar-refractivity contribution < 1.29 is 22.4 Å². The van der Waals surface area contributed by atoms with Crippen LogP contribution in [0, 0.1) is 13.8 Å². The van der Waals surface area contributed by atoms with Gasteiger partial charge in [-0.1, -0.05) is 0 Å². The van der Waals surface area contributed by atoms with Gasteiger partial charge < -0.3 is 14.1 Å². The predicted molar refractivity (Wildman–Crippen MR) is 100 cm³/mol. The van der Waals surface area contributed by atoms with Crippen LogP contribution in [0.2, 0.25) is 0 Å². The molecule has 2 aromatic rings. The highest BCUT2D eigenvalue weighted by Gasteiger charge is 2.29. The van der Waals surface area contributed by atoms with E-state index in [1.165, 1.54) is 13.4 Å². The summed E-state index contributed by atoms with van der Waals surface area (Å²) >= 11 is 0. The number of sulfonamides is 1. The van der Waals surface area contributed by atoms with E-state index in [4.69, 9.17) is 9.15 Å². The molecule has 1 N–H and O–H groups in total. The summed E-state index contributed by atoms with van der Waals surface area (Å²) in [4.78, 5) is 14.1. The van der Waals surface area contributed by atoms with Crippen molar-refractivity contribution in [2.24, 2.45) is 0 Å². The average molecular weight is 392 g/mol. The standard InChI is InChI=1S/C19H24N2O5S/c1-13-11-17(25-3)18(12-14(13)2)27(23,24)20-15-6-8-21(9-7-15)19(22)16-5-4-10-26-16/h4-5,10-12,15,20H,6-9H2,1-3H3. The summed E-state index contributed by atoms with van der Waals surface area (Å²) in [5, 5.41) is 0. The molecule has 1 fully saturated rings. The number of furan rings is 1. The van der Waals surface area contributed by atoms with E-state index in [2.05, 4.69) is 4.72 Å². The van der Waals surface area contributed by atoms with E-state index in [1.807, 2.05) is 13.8 Å². The Morgan fingerprint density at radius 2 is 1.89 bits per heavy atom. The second-order valence-electron chi connectivity index (χ2n) is 6.75. The van der Waals surface area contributed by atoms with E-state index in [0.717, 1.165) is 11.1 Å². The molecule has 27 heavy (non-hydrogen) atoms. The Labute approximate surface area is 159 Å². The number of amides is 1. The smallest absolute Gasteiger partial charge is 0.289 e. The fraction of sp³-hybridized carbons (Fsp3) is 0.421. The second-order valence-corrected chi connectivity index (χ2v) is 8.43. The largest absolute Gasteiger partial charge is 0.495 e. The highest BCUT2D eigenvalue weighted by atomic mass is 32.2. The maximum atomic E-state index is 12.9. The normalized spacial score (nSPS) is 15.7. The molecule has 1 aliphatic heterocycles. The average Bonchev–Trinajstić information content (AvgIpc) is 3.18. The molecular weight excluding hydrogens is 368 g/mol. The first-order valence-electron chi connectivity index (χ1n) is 8.82. The van der Waals surface area contributed by atoms with Gasteiger partial charge in [-0.15, -0.1) is 0 Å². The Hall–Kier alpha value is -2.32. The summed E-state index contributed by atoms with van der Waals surface area (Å²) in [6.45, 7) is 4.72. The van der Waals surface area contributed by atoms with Gasteiger partial charge in [0.25, 0.3) is 5.91 Å². The van der Waals surface area contributed by atoms with Gasteiger partial charge >= 0.3 is 0 Å². The van der Waals surface area contributed by atoms with Crippen LogP contribution in [0.1, 0.15) is 34.5 Å². The van der Waals surface area contributed by atoms with Gasteiger partial charge in [0.05, 0.1) is 13.4 Å². The van der Waals surface area contributed by atoms with E-state index in [9.17, 15) is 13.2 Å². The van der Waals surface area contributed by atoms with Crippen LogP contribution in [0.5, 0.6) is 5.75 Å². The number of benzene rings is 1. The Morgan fingerprint density at radius 1 is 1.22 bits per heavy atom. The Kier molecular flexibility index (Phi) is 5.57. The number of piperidine rings is 1. The Balaban J connectivity index is 1.68. The molecule has 0 bridgehead atoms. The molecule has 1 aromatic heterocycles. The number of nitrogens with one attached hydrogen (secondary N) is 1. The minimum Gasteiger partial charge on any atom is -0.495 e. The van der Waals surface area contributed by atoms with Crippen molar-refractivity contribution in [1.29, 1.82) is 0 Å². The SMILES string of the molecule is COc1cc(C)c(C)cc1S(=O)(=O)NC1CCN(C(=O)c2ccco2)CC1. The Bertz CT molecular complexity index is 914. The van der Waals surface area contributed by atoms with Gasteiger partial charge in [-0.2, -0.15) is 0 Å². The third-order valence-electron chi connectivity index (χ3n) is 4.91. The molecule has 3 rings (SSSR count). The molecule has 8 heteroatoms. The van der Waals surface area contributed by atoms with E-state index < -0.39 is 10.0 Å². The summed E-state index contributed by atoms with van der Waals surface area (Å²) in [7, 11) is -2.26. The number of likely N-dealkylation sites (tertiary alicyclic amines) is 1. The molecule has 1 aromatic carbocycles. The molecule has 1 amide bonds. The zero-order valence-electron chi connectivity index (χ0n) is 15.7. The predicted octanol–water partition coefficient (Wildman–Crippen LogP) is 2.49. The van der Waals surface area contributed by atoms with Gasteiger partial charge in [-0.25, -0.2) is 13.1 Å². The van der Waals surface area contributed by atoms with Crippen LogP contribution in [-0.4, -0.2) is 45.5 Å². The third-order valence-corrected chi connectivity index (χ3v) is 6.45. The molecule has 2 heterocycles. The van der Waals surface area contributed by atoms with Crippen molar-refractivity contribution in [3.63, 3.8) is 0 Å². The number of hydrogen-bond donors (Lipinski definition) is 1. The van der Waals surface area contributed by atoms with Crippen LogP contribution < -0.4 is 9.46 Å². The van der Waals surface area contributed by atoms with Gasteiger partial charge in [-0.05, 0) is 62.1 Å². The molecule has 1 saturated heterocycles. The Morgan fingerprint density at radius 3 is 2.48 bits per heavy atom. The maximum absolute atomic E-state index is 12.9. The molecule has 0 spiro atoms. The fourth-order valence-electron chi connectivity index (χ4n) is 3.17. The van der Waals surface area contributed by atoms with Crippen LogP contribution in [-0.2, 0) is 10.0 Å². The number of rotatable bonds is 5. The van der Waals surface area contributed by atoms with Crippen LogP contribution in [0.4, 0.5) is 0 Å². The summed E-state index contributed by atoms with van der Waals surface area (Å²) in [5.41, 5.74) is 1.85. The summed E-state index contributed by atoms with van der Waals surface area (Å²) in [5.74, 6) is 0.460. The van der Waals surface area contributed by atoms with Crippen molar-refractivity contribution >= 4 is 15.9 Å². The molecule has 1 aliphatic rings. The summed E-state index contributed by atoms with van der Waals surface area (Å²) < 4.78 is 38.9. The van der Waals surface area contributed by atoms with Gasteiger partial charge in [-0.3, -0.25) is 4.79 Å². The maximum Gasteiger partial charge on any atom is 0.289 e. The number of nitrogens with zero attached hydrogens (tertiary/aromatic N) is 1. The summed E-state index contributed by atoms with van der Waals surface area (Å²) in [6.07, 6.45) is 2.54. The quantitative estimate of drug-likeness (QED) is 0.844. The molecule has 0 radical (unpaired) electrons. The van der Waals surface area contributed by atoms with E-state index in [1.54, 1.807) is 29.2 Å². The van der Waals surface area contributed by atoms with Gasteiger partial charge in [0.1, 0.15) is 10.6 Å². The highest BCUT2D eigenvalue weighted by molar-refractivity contribution is 7.89. The van der Waals surface area contributed by atoms with E-state index >= 15 is 0 Å². The van der Waals surface area contributed by atoms with Crippen LogP contribution in [0.15, 0.2) is 39.8 Å². The number of carbonyl (C=O) groups excluding carboxylic acids is 1. The molecule has 0 unspecified atom stereocenters. The van der Waals surface area contributed by atoms with E-state index in [-0.39, 0.29) is 16.8 Å². The number of carbonyl (C=O) groups is 1. The van der Waals surface area contributed by atoms with Crippen molar-refractivity contribution in [2.45, 2.75) is 37.6 Å². The molecule has 146 valence electrons. The lowest BCUT2D eigenvalue weighted by Crippen LogP contribution is -2.46. The number of hydrogen-bond acceptors (Lipinski definition) is 5. The lowest BCUT2D eigenvalue weighted by molar-refractivity contribution is 0.0679. The van der Waals surface area contributed by atoms with Gasteiger partial charge in [0.15, 0.2) is 5.76 Å². The third kappa shape index (κ3) is 4.17. The first-order chi connectivity index (χ1) is 12.8. The first-order valence-corrected chi connectivity index (χ1v) is 10.3. The molecule has 0 aliphatic carbocycles.